The van der Waals surface area contributed by atoms with Gasteiger partial charge in [0.25, 0.3) is 0 Å². The molecule has 0 fully saturated rings. The van der Waals surface area contributed by atoms with E-state index in [1.807, 2.05) is 6.07 Å². The van der Waals surface area contributed by atoms with Gasteiger partial charge in [0.15, 0.2) is 0 Å². The molecule has 0 aliphatic heterocycles. The maximum absolute atomic E-state index is 6.48. The summed E-state index contributed by atoms with van der Waals surface area (Å²) in [4.78, 5) is 2.56. The van der Waals surface area contributed by atoms with Crippen molar-refractivity contribution in [2.75, 3.05) is 4.90 Å². The fourth-order valence-corrected chi connectivity index (χ4v) is 12.2. The summed E-state index contributed by atoms with van der Waals surface area (Å²) in [6.45, 7) is 0. The standard InChI is InChI=1S/C62H39NO/c1-3-19-40(20-4-1)61(41-21-5-2-6-22-41)51-30-14-9-26-46(51)59-53(61)32-17-34-55(59)63(42-37-38-58-48(39-42)45-25-11-16-36-57(45)64-58)56-35-18-33-54-60(56)47-27-10-15-31-52(47)62(54)49-28-12-7-23-43(49)44-24-8-13-29-50(44)62/h1-39H. The maximum atomic E-state index is 6.48. The zero-order valence-electron chi connectivity index (χ0n) is 34.9. The van der Waals surface area contributed by atoms with E-state index in [2.05, 4.69) is 235 Å². The summed E-state index contributed by atoms with van der Waals surface area (Å²) < 4.78 is 6.48. The topological polar surface area (TPSA) is 16.4 Å². The third-order valence-electron chi connectivity index (χ3n) is 14.6. The van der Waals surface area contributed by atoms with Crippen LogP contribution in [-0.2, 0) is 10.8 Å². The Hall–Kier alpha value is -8.20. The van der Waals surface area contributed by atoms with Gasteiger partial charge in [-0.05, 0) is 103 Å². The Labute approximate surface area is 372 Å². The fourth-order valence-electron chi connectivity index (χ4n) is 12.2. The Bertz CT molecular complexity index is 3510. The molecule has 3 aliphatic carbocycles. The van der Waals surface area contributed by atoms with E-state index in [1.54, 1.807) is 0 Å². The van der Waals surface area contributed by atoms with Crippen molar-refractivity contribution < 1.29 is 4.42 Å². The van der Waals surface area contributed by atoms with E-state index >= 15 is 0 Å². The molecule has 0 unspecified atom stereocenters. The van der Waals surface area contributed by atoms with E-state index in [0.717, 1.165) is 39.0 Å². The lowest BCUT2D eigenvalue weighted by Gasteiger charge is -2.35. The third-order valence-corrected chi connectivity index (χ3v) is 14.6. The van der Waals surface area contributed by atoms with Crippen LogP contribution in [0, 0.1) is 0 Å². The molecule has 0 N–H and O–H groups in total. The molecule has 3 aliphatic rings. The Kier molecular flexibility index (Phi) is 7.28. The van der Waals surface area contributed by atoms with Crippen LogP contribution in [0.2, 0.25) is 0 Å². The first kappa shape index (κ1) is 35.4. The van der Waals surface area contributed by atoms with Gasteiger partial charge in [0, 0.05) is 27.6 Å². The smallest absolute Gasteiger partial charge is 0.135 e. The zero-order chi connectivity index (χ0) is 42.0. The van der Waals surface area contributed by atoms with Gasteiger partial charge in [-0.15, -0.1) is 0 Å². The lowest BCUT2D eigenvalue weighted by Crippen LogP contribution is -2.28. The molecule has 64 heavy (non-hydrogen) atoms. The number of benzene rings is 10. The van der Waals surface area contributed by atoms with Crippen LogP contribution in [0.5, 0.6) is 0 Å². The van der Waals surface area contributed by atoms with Gasteiger partial charge < -0.3 is 9.32 Å². The summed E-state index contributed by atoms with van der Waals surface area (Å²) in [5, 5.41) is 2.20. The van der Waals surface area contributed by atoms with Crippen LogP contribution in [0.15, 0.2) is 241 Å². The molecule has 0 bridgehead atoms. The molecule has 0 saturated carbocycles. The van der Waals surface area contributed by atoms with Gasteiger partial charge in [-0.3, -0.25) is 0 Å². The molecule has 0 amide bonds. The summed E-state index contributed by atoms with van der Waals surface area (Å²) in [7, 11) is 0. The van der Waals surface area contributed by atoms with E-state index < -0.39 is 10.8 Å². The summed E-state index contributed by atoms with van der Waals surface area (Å²) in [5.41, 5.74) is 22.0. The van der Waals surface area contributed by atoms with E-state index in [4.69, 9.17) is 4.42 Å². The number of hydrogen-bond acceptors (Lipinski definition) is 2. The SMILES string of the molecule is c1ccc(C2(c3ccccc3)c3ccccc3-c3c(N(c4ccc5oc6ccccc6c5c4)c4cccc5c4-c4ccccc4C54c5ccccc5-c5ccccc54)cccc32)cc1. The van der Waals surface area contributed by atoms with Gasteiger partial charge in [-0.1, -0.05) is 200 Å². The van der Waals surface area contributed by atoms with Crippen molar-refractivity contribution in [2.45, 2.75) is 10.8 Å². The van der Waals surface area contributed by atoms with Crippen molar-refractivity contribution in [3.05, 3.63) is 281 Å². The van der Waals surface area contributed by atoms with Crippen LogP contribution in [0.3, 0.4) is 0 Å². The normalized spacial score (nSPS) is 14.2. The Morgan fingerprint density at radius 2 is 0.719 bits per heavy atom. The van der Waals surface area contributed by atoms with Gasteiger partial charge >= 0.3 is 0 Å². The highest BCUT2D eigenvalue weighted by Crippen LogP contribution is 2.66. The lowest BCUT2D eigenvalue weighted by atomic mass is 9.68. The molecular formula is C62H39NO. The van der Waals surface area contributed by atoms with E-state index in [1.165, 1.54) is 77.9 Å². The predicted molar refractivity (Wildman–Crippen MR) is 262 cm³/mol. The van der Waals surface area contributed by atoms with Crippen molar-refractivity contribution >= 4 is 39.0 Å². The summed E-state index contributed by atoms with van der Waals surface area (Å²) in [5.74, 6) is 0. The van der Waals surface area contributed by atoms with Crippen molar-refractivity contribution in [1.29, 1.82) is 0 Å². The average Bonchev–Trinajstić information content (AvgIpc) is 4.08. The fraction of sp³-hybridized carbons (Fsp3) is 0.0323. The highest BCUT2D eigenvalue weighted by atomic mass is 16.3. The molecule has 2 nitrogen and oxygen atoms in total. The highest BCUT2D eigenvalue weighted by molar-refractivity contribution is 6.09. The summed E-state index contributed by atoms with van der Waals surface area (Å²) in [6.07, 6.45) is 0. The predicted octanol–water partition coefficient (Wildman–Crippen LogP) is 15.8. The number of fused-ring (bicyclic) bond motifs is 16. The second-order valence-corrected chi connectivity index (χ2v) is 17.4. The summed E-state index contributed by atoms with van der Waals surface area (Å²) >= 11 is 0. The van der Waals surface area contributed by atoms with E-state index in [-0.39, 0.29) is 0 Å². The Morgan fingerprint density at radius 3 is 1.30 bits per heavy atom. The molecule has 298 valence electrons. The molecule has 0 saturated heterocycles. The molecular weight excluding hydrogens is 775 g/mol. The van der Waals surface area contributed by atoms with Gasteiger partial charge in [-0.2, -0.15) is 0 Å². The maximum Gasteiger partial charge on any atom is 0.135 e. The van der Waals surface area contributed by atoms with Crippen molar-refractivity contribution in [2.24, 2.45) is 0 Å². The van der Waals surface area contributed by atoms with Gasteiger partial charge in [0.2, 0.25) is 0 Å². The first-order chi connectivity index (χ1) is 31.8. The van der Waals surface area contributed by atoms with Crippen molar-refractivity contribution in [3.63, 3.8) is 0 Å². The number of hydrogen-bond donors (Lipinski definition) is 0. The van der Waals surface area contributed by atoms with Crippen molar-refractivity contribution in [1.82, 2.24) is 0 Å². The number of rotatable bonds is 5. The Morgan fingerprint density at radius 1 is 0.297 bits per heavy atom. The van der Waals surface area contributed by atoms with Crippen LogP contribution < -0.4 is 4.90 Å². The van der Waals surface area contributed by atoms with Crippen LogP contribution in [0.4, 0.5) is 17.1 Å². The second kappa shape index (κ2) is 13.2. The largest absolute Gasteiger partial charge is 0.456 e. The third kappa shape index (κ3) is 4.44. The minimum absolute atomic E-state index is 0.480. The average molecular weight is 814 g/mol. The van der Waals surface area contributed by atoms with Crippen LogP contribution in [-0.4, -0.2) is 0 Å². The quantitative estimate of drug-likeness (QED) is 0.172. The van der Waals surface area contributed by atoms with Crippen LogP contribution >= 0.6 is 0 Å². The molecule has 11 aromatic rings. The number of furan rings is 1. The van der Waals surface area contributed by atoms with Crippen molar-refractivity contribution in [3.8, 4) is 33.4 Å². The Balaban J connectivity index is 1.12. The molecule has 0 atom stereocenters. The minimum Gasteiger partial charge on any atom is -0.456 e. The highest BCUT2D eigenvalue weighted by Gasteiger charge is 2.53. The molecule has 1 spiro atoms. The molecule has 14 rings (SSSR count). The number of nitrogens with zero attached hydrogens (tertiary/aromatic N) is 1. The van der Waals surface area contributed by atoms with Gasteiger partial charge in [0.05, 0.1) is 22.2 Å². The summed E-state index contributed by atoms with van der Waals surface area (Å²) in [6, 6.07) is 87.7. The molecule has 1 aromatic heterocycles. The minimum atomic E-state index is -0.548. The zero-order valence-corrected chi connectivity index (χ0v) is 34.9. The first-order valence-electron chi connectivity index (χ1n) is 22.3. The number of para-hydroxylation sites is 1. The van der Waals surface area contributed by atoms with Gasteiger partial charge in [0.1, 0.15) is 11.2 Å². The molecule has 2 heteroatoms. The monoisotopic (exact) mass is 813 g/mol. The van der Waals surface area contributed by atoms with Crippen LogP contribution in [0.25, 0.3) is 55.3 Å². The van der Waals surface area contributed by atoms with Crippen LogP contribution in [0.1, 0.15) is 44.5 Å². The lowest BCUT2D eigenvalue weighted by molar-refractivity contribution is 0.669. The molecule has 0 radical (unpaired) electrons. The number of anilines is 3. The molecule has 1 heterocycles. The first-order valence-corrected chi connectivity index (χ1v) is 22.3. The molecule has 10 aromatic carbocycles. The van der Waals surface area contributed by atoms with Gasteiger partial charge in [-0.25, -0.2) is 0 Å². The van der Waals surface area contributed by atoms with E-state index in [9.17, 15) is 0 Å². The van der Waals surface area contributed by atoms with E-state index in [0.29, 0.717) is 0 Å². The second-order valence-electron chi connectivity index (χ2n) is 17.4.